The van der Waals surface area contributed by atoms with Crippen molar-refractivity contribution < 1.29 is 27.4 Å². The highest BCUT2D eigenvalue weighted by Gasteiger charge is 2.34. The molecule has 28 heavy (non-hydrogen) atoms. The third-order valence-corrected chi connectivity index (χ3v) is 4.24. The van der Waals surface area contributed by atoms with E-state index < -0.39 is 17.8 Å². The van der Waals surface area contributed by atoms with Gasteiger partial charge in [-0.15, -0.1) is 0 Å². The van der Waals surface area contributed by atoms with Crippen LogP contribution in [-0.4, -0.2) is 20.5 Å². The molecule has 1 N–H and O–H groups in total. The highest BCUT2D eigenvalue weighted by molar-refractivity contribution is 5.72. The second-order valence-corrected chi connectivity index (χ2v) is 6.18. The number of anilines is 1. The number of hydrogen-bond acceptors (Lipinski definition) is 4. The lowest BCUT2D eigenvalue weighted by atomic mass is 10.0. The fraction of sp³-hybridized carbons (Fsp3) is 0.286. The molecule has 0 bridgehead atoms. The minimum absolute atomic E-state index is 0.0636. The van der Waals surface area contributed by atoms with E-state index >= 15 is 0 Å². The molecule has 0 aliphatic carbocycles. The molecule has 0 aliphatic heterocycles. The number of alkyl halides is 3. The Morgan fingerprint density at radius 2 is 1.68 bits per heavy atom. The Morgan fingerprint density at radius 3 is 2.21 bits per heavy atom. The topological polar surface area (TPSA) is 47.6 Å². The van der Waals surface area contributed by atoms with Crippen LogP contribution in [-0.2, 0) is 11.0 Å². The van der Waals surface area contributed by atoms with Crippen LogP contribution in [0.5, 0.6) is 11.5 Å². The summed E-state index contributed by atoms with van der Waals surface area (Å²) in [5.41, 5.74) is 0.388. The van der Waals surface area contributed by atoms with E-state index in [4.69, 9.17) is 9.47 Å². The van der Waals surface area contributed by atoms with Gasteiger partial charge in [-0.25, -0.2) is 0 Å². The largest absolute Gasteiger partial charge is 0.497 e. The molecule has 2 rings (SSSR count). The molecule has 1 unspecified atom stereocenters. The maximum Gasteiger partial charge on any atom is 0.418 e. The van der Waals surface area contributed by atoms with Gasteiger partial charge in [0.15, 0.2) is 0 Å². The fourth-order valence-corrected chi connectivity index (χ4v) is 2.66. The number of aldehydes is 1. The van der Waals surface area contributed by atoms with Gasteiger partial charge in [0.1, 0.15) is 17.8 Å². The molecule has 4 nitrogen and oxygen atoms in total. The maximum absolute atomic E-state index is 13.5. The van der Waals surface area contributed by atoms with Crippen LogP contribution in [0.4, 0.5) is 18.9 Å². The van der Waals surface area contributed by atoms with E-state index in [0.29, 0.717) is 24.0 Å². The molecule has 0 fully saturated rings. The average Bonchev–Trinajstić information content (AvgIpc) is 2.70. The van der Waals surface area contributed by atoms with Crippen molar-refractivity contribution in [2.45, 2.75) is 25.6 Å². The summed E-state index contributed by atoms with van der Waals surface area (Å²) in [6, 6.07) is 10.3. The van der Waals surface area contributed by atoms with Crippen LogP contribution in [0.25, 0.3) is 0 Å². The third-order valence-electron chi connectivity index (χ3n) is 4.24. The monoisotopic (exact) mass is 393 g/mol. The minimum atomic E-state index is -4.55. The quantitative estimate of drug-likeness (QED) is 0.481. The highest BCUT2D eigenvalue weighted by atomic mass is 19.4. The molecule has 0 spiro atoms. The Morgan fingerprint density at radius 1 is 1.07 bits per heavy atom. The molecule has 2 aromatic carbocycles. The van der Waals surface area contributed by atoms with Gasteiger partial charge in [-0.2, -0.15) is 13.2 Å². The van der Waals surface area contributed by atoms with E-state index in [1.54, 1.807) is 37.3 Å². The molecule has 2 aromatic rings. The lowest BCUT2D eigenvalue weighted by molar-refractivity contribution is -0.137. The summed E-state index contributed by atoms with van der Waals surface area (Å²) in [4.78, 5) is 10.9. The number of allylic oxidation sites excluding steroid dienone is 1. The Labute approximate surface area is 162 Å². The molecule has 0 amide bonds. The first-order valence-corrected chi connectivity index (χ1v) is 8.56. The van der Waals surface area contributed by atoms with Crippen molar-refractivity contribution in [3.8, 4) is 11.5 Å². The lowest BCUT2D eigenvalue weighted by Gasteiger charge is -2.23. The number of benzene rings is 2. The lowest BCUT2D eigenvalue weighted by Crippen LogP contribution is -2.15. The van der Waals surface area contributed by atoms with Gasteiger partial charge in [-0.05, 0) is 54.8 Å². The molecule has 0 aliphatic rings. The van der Waals surface area contributed by atoms with E-state index in [0.717, 1.165) is 11.6 Å². The molecule has 0 heterocycles. The van der Waals surface area contributed by atoms with Crippen LogP contribution >= 0.6 is 0 Å². The van der Waals surface area contributed by atoms with Gasteiger partial charge in [0.2, 0.25) is 0 Å². The van der Waals surface area contributed by atoms with E-state index in [1.165, 1.54) is 26.4 Å². The second kappa shape index (κ2) is 9.30. The normalized spacial score (nSPS) is 13.0. The number of nitrogens with one attached hydrogen (secondary N) is 1. The van der Waals surface area contributed by atoms with Crippen molar-refractivity contribution in [3.05, 3.63) is 65.2 Å². The fourth-order valence-electron chi connectivity index (χ4n) is 2.66. The van der Waals surface area contributed by atoms with Crippen molar-refractivity contribution in [2.24, 2.45) is 0 Å². The third kappa shape index (κ3) is 5.52. The molecule has 1 atom stereocenters. The number of ether oxygens (including phenoxy) is 2. The summed E-state index contributed by atoms with van der Waals surface area (Å²) >= 11 is 0. The summed E-state index contributed by atoms with van der Waals surface area (Å²) in [6.45, 7) is 1.65. The van der Waals surface area contributed by atoms with Crippen molar-refractivity contribution >= 4 is 12.0 Å². The predicted molar refractivity (Wildman–Crippen MR) is 102 cm³/mol. The number of carbonyl (C=O) groups is 1. The first kappa shape index (κ1) is 21.3. The van der Waals surface area contributed by atoms with Gasteiger partial charge in [-0.3, -0.25) is 4.79 Å². The number of methoxy groups -OCH3 is 2. The molecule has 0 radical (unpaired) electrons. The van der Waals surface area contributed by atoms with Crippen LogP contribution in [0, 0.1) is 0 Å². The van der Waals surface area contributed by atoms with Crippen molar-refractivity contribution in [1.82, 2.24) is 0 Å². The smallest absolute Gasteiger partial charge is 0.418 e. The zero-order valence-electron chi connectivity index (χ0n) is 15.8. The highest BCUT2D eigenvalue weighted by Crippen LogP contribution is 2.39. The molecule has 0 saturated carbocycles. The molecule has 0 saturated heterocycles. The summed E-state index contributed by atoms with van der Waals surface area (Å²) in [7, 11) is 2.85. The number of carbonyl (C=O) groups excluding carboxylic acids is 1. The Kier molecular flexibility index (Phi) is 7.09. The Balaban J connectivity index is 2.42. The van der Waals surface area contributed by atoms with Gasteiger partial charge >= 0.3 is 6.18 Å². The van der Waals surface area contributed by atoms with Crippen LogP contribution in [0.15, 0.2) is 54.1 Å². The summed E-state index contributed by atoms with van der Waals surface area (Å²) < 4.78 is 50.6. The molecule has 7 heteroatoms. The van der Waals surface area contributed by atoms with Crippen molar-refractivity contribution in [3.63, 3.8) is 0 Å². The average molecular weight is 393 g/mol. The van der Waals surface area contributed by atoms with Crippen LogP contribution in [0.2, 0.25) is 0 Å². The molecule has 0 aromatic heterocycles. The van der Waals surface area contributed by atoms with E-state index in [9.17, 15) is 18.0 Å². The zero-order chi connectivity index (χ0) is 20.7. The van der Waals surface area contributed by atoms with E-state index in [-0.39, 0.29) is 11.4 Å². The Hall–Kier alpha value is -2.96. The van der Waals surface area contributed by atoms with Crippen LogP contribution < -0.4 is 14.8 Å². The molecular weight excluding hydrogens is 371 g/mol. The van der Waals surface area contributed by atoms with Crippen molar-refractivity contribution in [1.29, 1.82) is 0 Å². The Bertz CT molecular complexity index is 830. The molecule has 150 valence electrons. The van der Waals surface area contributed by atoms with E-state index in [1.807, 2.05) is 0 Å². The van der Waals surface area contributed by atoms with Crippen molar-refractivity contribution in [2.75, 3.05) is 19.5 Å². The predicted octanol–water partition coefficient (Wildman–Crippen LogP) is 5.41. The van der Waals surface area contributed by atoms with Crippen LogP contribution in [0.3, 0.4) is 0 Å². The summed E-state index contributed by atoms with van der Waals surface area (Å²) in [5, 5.41) is 2.96. The second-order valence-electron chi connectivity index (χ2n) is 6.18. The summed E-state index contributed by atoms with van der Waals surface area (Å²) in [6.07, 6.45) is -1.82. The number of halogens is 3. The van der Waals surface area contributed by atoms with Gasteiger partial charge in [-0.1, -0.05) is 18.2 Å². The van der Waals surface area contributed by atoms with Gasteiger partial charge in [0.05, 0.1) is 25.8 Å². The number of hydrogen-bond donors (Lipinski definition) is 1. The number of rotatable bonds is 8. The van der Waals surface area contributed by atoms with Gasteiger partial charge in [0, 0.05) is 5.69 Å². The van der Waals surface area contributed by atoms with Gasteiger partial charge < -0.3 is 14.8 Å². The zero-order valence-corrected chi connectivity index (χ0v) is 15.8. The van der Waals surface area contributed by atoms with E-state index in [2.05, 4.69) is 5.32 Å². The summed E-state index contributed by atoms with van der Waals surface area (Å²) in [5.74, 6) is 0.762. The first-order chi connectivity index (χ1) is 13.3. The molecular formula is C21H22F3NO3. The SMILES string of the molecule is COc1ccc(C(C/C=C(/C)C=O)Nc2ccc(OC)cc2C(F)(F)F)cc1. The van der Waals surface area contributed by atoms with Gasteiger partial charge in [0.25, 0.3) is 0 Å². The standard InChI is InChI=1S/C21H22F3NO3/c1-14(13-26)4-10-19(15-5-7-16(27-2)8-6-15)25-20-11-9-17(28-3)12-18(20)21(22,23)24/h4-9,11-13,19,25H,10H2,1-3H3/b14-4-. The first-order valence-electron chi connectivity index (χ1n) is 8.56. The minimum Gasteiger partial charge on any atom is -0.497 e. The maximum atomic E-state index is 13.5. The van der Waals surface area contributed by atoms with Crippen LogP contribution in [0.1, 0.15) is 30.5 Å².